The molecule has 0 bridgehead atoms. The summed E-state index contributed by atoms with van der Waals surface area (Å²) in [7, 11) is 0. The number of carbonyl (C=O) groups is 3. The molecule has 0 fully saturated rings. The van der Waals surface area contributed by atoms with Crippen LogP contribution in [-0.2, 0) is 20.8 Å². The van der Waals surface area contributed by atoms with Crippen molar-refractivity contribution in [1.29, 1.82) is 0 Å². The predicted octanol–water partition coefficient (Wildman–Crippen LogP) is 4.62. The second kappa shape index (κ2) is 10.6. The van der Waals surface area contributed by atoms with E-state index in [1.165, 1.54) is 41.4 Å². The van der Waals surface area contributed by atoms with Gasteiger partial charge in [0.05, 0.1) is 28.1 Å². The molecule has 3 amide bonds. The zero-order valence-corrected chi connectivity index (χ0v) is 19.9. The quantitative estimate of drug-likeness (QED) is 0.306. The van der Waals surface area contributed by atoms with E-state index in [-0.39, 0.29) is 29.9 Å². The van der Waals surface area contributed by atoms with Crippen molar-refractivity contribution in [2.45, 2.75) is 17.7 Å². The van der Waals surface area contributed by atoms with Crippen LogP contribution in [0.4, 0.5) is 16.5 Å². The first-order valence-corrected chi connectivity index (χ1v) is 12.5. The molecule has 168 valence electrons. The van der Waals surface area contributed by atoms with Gasteiger partial charge in [-0.1, -0.05) is 35.2 Å². The van der Waals surface area contributed by atoms with Crippen molar-refractivity contribution in [2.24, 2.45) is 0 Å². The van der Waals surface area contributed by atoms with Gasteiger partial charge in [0.2, 0.25) is 17.7 Å². The number of hydrogen-bond acceptors (Lipinski definition) is 8. The molecule has 0 radical (unpaired) electrons. The maximum atomic E-state index is 12.3. The van der Waals surface area contributed by atoms with Crippen molar-refractivity contribution in [3.8, 4) is 0 Å². The van der Waals surface area contributed by atoms with Crippen molar-refractivity contribution >= 4 is 78.9 Å². The molecule has 0 aliphatic rings. The van der Waals surface area contributed by atoms with E-state index in [2.05, 4.69) is 25.9 Å². The first-order chi connectivity index (χ1) is 15.9. The van der Waals surface area contributed by atoms with Gasteiger partial charge in [-0.25, -0.2) is 9.97 Å². The van der Waals surface area contributed by atoms with Gasteiger partial charge in [0.25, 0.3) is 0 Å². The van der Waals surface area contributed by atoms with Crippen LogP contribution in [0.25, 0.3) is 10.2 Å². The summed E-state index contributed by atoms with van der Waals surface area (Å²) in [5.74, 6) is -0.313. The number of para-hydroxylation sites is 1. The van der Waals surface area contributed by atoms with E-state index in [0.717, 1.165) is 10.2 Å². The Balaban J connectivity index is 1.24. The van der Waals surface area contributed by atoms with Gasteiger partial charge in [-0.2, -0.15) is 0 Å². The van der Waals surface area contributed by atoms with E-state index >= 15 is 0 Å². The Hall–Kier alpha value is -3.28. The number of benzene rings is 2. The Bertz CT molecular complexity index is 1270. The van der Waals surface area contributed by atoms with Crippen molar-refractivity contribution in [1.82, 2.24) is 9.97 Å². The molecule has 0 unspecified atom stereocenters. The third kappa shape index (κ3) is 6.60. The third-order valence-corrected chi connectivity index (χ3v) is 7.25. The molecular formula is C22H19N5O3S3. The van der Waals surface area contributed by atoms with E-state index in [9.17, 15) is 14.4 Å². The minimum Gasteiger partial charge on any atom is -0.326 e. The number of fused-ring (bicyclic) bond motifs is 1. The minimum absolute atomic E-state index is 0.139. The third-order valence-electron chi connectivity index (χ3n) is 4.23. The van der Waals surface area contributed by atoms with Crippen molar-refractivity contribution in [3.05, 3.63) is 59.6 Å². The van der Waals surface area contributed by atoms with E-state index in [1.807, 2.05) is 29.6 Å². The number of anilines is 3. The molecule has 2 heterocycles. The van der Waals surface area contributed by atoms with Crippen LogP contribution in [0.2, 0.25) is 0 Å². The monoisotopic (exact) mass is 497 g/mol. The van der Waals surface area contributed by atoms with E-state index in [4.69, 9.17) is 0 Å². The average molecular weight is 498 g/mol. The number of carbonyl (C=O) groups excluding carboxylic acids is 3. The summed E-state index contributed by atoms with van der Waals surface area (Å²) >= 11 is 4.14. The highest BCUT2D eigenvalue weighted by Gasteiger charge is 2.12. The second-order valence-electron chi connectivity index (χ2n) is 6.91. The van der Waals surface area contributed by atoms with Crippen molar-refractivity contribution in [2.75, 3.05) is 21.7 Å². The topological polar surface area (TPSA) is 113 Å². The molecular weight excluding hydrogens is 478 g/mol. The molecule has 11 heteroatoms. The first kappa shape index (κ1) is 22.9. The highest BCUT2D eigenvalue weighted by Crippen LogP contribution is 2.26. The fraction of sp³-hybridized carbons (Fsp3) is 0.136. The molecule has 4 aromatic rings. The van der Waals surface area contributed by atoms with Gasteiger partial charge < -0.3 is 16.0 Å². The molecule has 0 saturated heterocycles. The fourth-order valence-corrected chi connectivity index (χ4v) is 5.38. The number of thioether (sulfide) groups is 1. The Labute approximate surface area is 201 Å². The number of aromatic nitrogens is 2. The molecule has 3 N–H and O–H groups in total. The molecule has 0 aliphatic heterocycles. The van der Waals surface area contributed by atoms with Crippen LogP contribution in [0, 0.1) is 0 Å². The number of rotatable bonds is 8. The van der Waals surface area contributed by atoms with Crippen LogP contribution in [0.5, 0.6) is 0 Å². The highest BCUT2D eigenvalue weighted by atomic mass is 32.2. The molecule has 4 rings (SSSR count). The first-order valence-electron chi connectivity index (χ1n) is 9.85. The van der Waals surface area contributed by atoms with E-state index in [0.29, 0.717) is 26.5 Å². The van der Waals surface area contributed by atoms with Gasteiger partial charge in [0, 0.05) is 23.7 Å². The van der Waals surface area contributed by atoms with Gasteiger partial charge in [0.15, 0.2) is 9.47 Å². The smallest absolute Gasteiger partial charge is 0.234 e. The van der Waals surface area contributed by atoms with Gasteiger partial charge in [0.1, 0.15) is 0 Å². The van der Waals surface area contributed by atoms with Crippen LogP contribution < -0.4 is 16.0 Å². The zero-order valence-electron chi connectivity index (χ0n) is 17.5. The number of thiazole rings is 2. The van der Waals surface area contributed by atoms with E-state index < -0.39 is 0 Å². The maximum Gasteiger partial charge on any atom is 0.234 e. The molecule has 0 spiro atoms. The van der Waals surface area contributed by atoms with Crippen LogP contribution in [0.1, 0.15) is 12.6 Å². The molecule has 33 heavy (non-hydrogen) atoms. The number of amides is 3. The summed E-state index contributed by atoms with van der Waals surface area (Å²) in [6.07, 6.45) is 0.139. The normalized spacial score (nSPS) is 10.7. The predicted molar refractivity (Wildman–Crippen MR) is 134 cm³/mol. The number of nitrogens with one attached hydrogen (secondary N) is 3. The second-order valence-corrected chi connectivity index (χ2v) is 10.0. The lowest BCUT2D eigenvalue weighted by Gasteiger charge is -2.06. The number of nitrogens with zero attached hydrogens (tertiary/aromatic N) is 2. The fourth-order valence-electron chi connectivity index (χ4n) is 2.85. The summed E-state index contributed by atoms with van der Waals surface area (Å²) in [6.45, 7) is 1.44. The van der Waals surface area contributed by atoms with Gasteiger partial charge in [-0.15, -0.1) is 11.3 Å². The largest absolute Gasteiger partial charge is 0.326 e. The average Bonchev–Trinajstić information content (AvgIpc) is 3.39. The Morgan fingerprint density at radius 3 is 2.36 bits per heavy atom. The minimum atomic E-state index is -0.184. The molecule has 8 nitrogen and oxygen atoms in total. The Kier molecular flexibility index (Phi) is 7.33. The molecule has 2 aromatic carbocycles. The SMILES string of the molecule is CC(=O)Nc1ccc(NC(=O)CSc2nc(CC(=O)Nc3nc4ccccc4s3)cs2)cc1. The maximum absolute atomic E-state index is 12.3. The summed E-state index contributed by atoms with van der Waals surface area (Å²) in [4.78, 5) is 44.5. The lowest BCUT2D eigenvalue weighted by molar-refractivity contribution is -0.116. The number of hydrogen-bond donors (Lipinski definition) is 3. The molecule has 2 aromatic heterocycles. The van der Waals surface area contributed by atoms with Crippen LogP contribution in [0.3, 0.4) is 0 Å². The standard InChI is InChI=1S/C22H19N5O3S3/c1-13(28)23-14-6-8-15(9-7-14)24-20(30)12-32-22-25-16(11-31-22)10-19(29)27-21-26-17-4-2-3-5-18(17)33-21/h2-9,11H,10,12H2,1H3,(H,23,28)(H,24,30)(H,26,27,29). The Morgan fingerprint density at radius 2 is 1.64 bits per heavy atom. The van der Waals surface area contributed by atoms with Gasteiger partial charge in [-0.05, 0) is 36.4 Å². The van der Waals surface area contributed by atoms with Gasteiger partial charge in [-0.3, -0.25) is 14.4 Å². The van der Waals surface area contributed by atoms with E-state index in [1.54, 1.807) is 24.3 Å². The Morgan fingerprint density at radius 1 is 0.909 bits per heavy atom. The molecule has 0 saturated carbocycles. The molecule has 0 aliphatic carbocycles. The molecule has 0 atom stereocenters. The summed E-state index contributed by atoms with van der Waals surface area (Å²) in [6, 6.07) is 14.6. The lowest BCUT2D eigenvalue weighted by atomic mass is 10.3. The highest BCUT2D eigenvalue weighted by molar-refractivity contribution is 8.01. The van der Waals surface area contributed by atoms with Gasteiger partial charge >= 0.3 is 0 Å². The van der Waals surface area contributed by atoms with Crippen LogP contribution >= 0.6 is 34.4 Å². The lowest BCUT2D eigenvalue weighted by Crippen LogP contribution is -2.14. The summed E-state index contributed by atoms with van der Waals surface area (Å²) in [5.41, 5.74) is 2.81. The van der Waals surface area contributed by atoms with Crippen molar-refractivity contribution in [3.63, 3.8) is 0 Å². The summed E-state index contributed by atoms with van der Waals surface area (Å²) in [5, 5.41) is 10.7. The van der Waals surface area contributed by atoms with Crippen LogP contribution in [-0.4, -0.2) is 33.4 Å². The zero-order chi connectivity index (χ0) is 23.2. The van der Waals surface area contributed by atoms with Crippen molar-refractivity contribution < 1.29 is 14.4 Å². The summed E-state index contributed by atoms with van der Waals surface area (Å²) < 4.78 is 1.73. The van der Waals surface area contributed by atoms with Crippen LogP contribution in [0.15, 0.2) is 58.3 Å².